The number of ether oxygens (including phenoxy) is 1. The van der Waals surface area contributed by atoms with Crippen LogP contribution >= 0.6 is 27.5 Å². The Hall–Kier alpha value is -2.05. The average molecular weight is 496 g/mol. The molecule has 0 radical (unpaired) electrons. The normalized spacial score (nSPS) is 11.8. The number of hydrogen-bond donors (Lipinski definition) is 1. The van der Waals surface area contributed by atoms with Gasteiger partial charge >= 0.3 is 0 Å². The van der Waals surface area contributed by atoms with Gasteiger partial charge in [0.25, 0.3) is 5.91 Å². The molecule has 0 aliphatic carbocycles. The van der Waals surface area contributed by atoms with Gasteiger partial charge in [-0.1, -0.05) is 55.3 Å². The van der Waals surface area contributed by atoms with Crippen LogP contribution in [0.25, 0.3) is 0 Å². The molecule has 0 spiro atoms. The first-order valence-electron chi connectivity index (χ1n) is 9.88. The van der Waals surface area contributed by atoms with Gasteiger partial charge in [0.2, 0.25) is 5.91 Å². The molecular weight excluding hydrogens is 468 g/mol. The monoisotopic (exact) mass is 494 g/mol. The zero-order valence-corrected chi connectivity index (χ0v) is 20.1. The number of rotatable bonds is 9. The summed E-state index contributed by atoms with van der Waals surface area (Å²) in [5, 5.41) is 3.47. The Morgan fingerprint density at radius 1 is 1.17 bits per heavy atom. The number of amides is 2. The lowest BCUT2D eigenvalue weighted by molar-refractivity contribution is -0.142. The lowest BCUT2D eigenvalue weighted by Gasteiger charge is -2.29. The van der Waals surface area contributed by atoms with Crippen LogP contribution in [0.2, 0.25) is 5.02 Å². The molecule has 0 aromatic heterocycles. The van der Waals surface area contributed by atoms with Gasteiger partial charge in [0.15, 0.2) is 6.61 Å². The van der Waals surface area contributed by atoms with Crippen molar-refractivity contribution in [2.75, 3.05) is 13.2 Å². The summed E-state index contributed by atoms with van der Waals surface area (Å²) in [4.78, 5) is 27.2. The smallest absolute Gasteiger partial charge is 0.261 e. The van der Waals surface area contributed by atoms with Crippen LogP contribution in [0.15, 0.2) is 46.9 Å². The highest BCUT2D eigenvalue weighted by molar-refractivity contribution is 9.10. The molecule has 1 N–H and O–H groups in total. The molecule has 2 amide bonds. The third-order valence-electron chi connectivity index (χ3n) is 4.53. The van der Waals surface area contributed by atoms with E-state index < -0.39 is 6.04 Å². The Kier molecular flexibility index (Phi) is 9.18. The summed E-state index contributed by atoms with van der Waals surface area (Å²) in [7, 11) is 0. The van der Waals surface area contributed by atoms with Crippen LogP contribution in [-0.2, 0) is 16.1 Å². The molecule has 0 aliphatic heterocycles. The van der Waals surface area contributed by atoms with E-state index >= 15 is 0 Å². The van der Waals surface area contributed by atoms with Crippen LogP contribution in [0.3, 0.4) is 0 Å². The SMILES string of the molecule is Cc1cccc(CN(C(=O)COc2ccc(Cl)cc2Br)[C@@H](C)C(=O)NCC(C)C)c1. The fourth-order valence-electron chi connectivity index (χ4n) is 2.86. The Bertz CT molecular complexity index is 889. The van der Waals surface area contributed by atoms with Crippen LogP contribution in [0.4, 0.5) is 0 Å². The van der Waals surface area contributed by atoms with Crippen LogP contribution in [-0.4, -0.2) is 35.9 Å². The summed E-state index contributed by atoms with van der Waals surface area (Å²) < 4.78 is 6.36. The van der Waals surface area contributed by atoms with Crippen LogP contribution in [0.1, 0.15) is 31.9 Å². The van der Waals surface area contributed by atoms with Crippen molar-refractivity contribution in [2.24, 2.45) is 5.92 Å². The molecule has 162 valence electrons. The van der Waals surface area contributed by atoms with Crippen molar-refractivity contribution in [1.29, 1.82) is 0 Å². The van der Waals surface area contributed by atoms with E-state index in [1.165, 1.54) is 0 Å². The second-order valence-corrected chi connectivity index (χ2v) is 8.98. The first-order valence-corrected chi connectivity index (χ1v) is 11.0. The maximum atomic E-state index is 13.0. The van der Waals surface area contributed by atoms with Crippen molar-refractivity contribution in [1.82, 2.24) is 10.2 Å². The standard InChI is InChI=1S/C23H28BrClN2O3/c1-15(2)12-26-23(29)17(4)27(13-18-7-5-6-16(3)10-18)22(28)14-30-21-9-8-19(25)11-20(21)24/h5-11,15,17H,12-14H2,1-4H3,(H,26,29)/t17-/m0/s1. The number of hydrogen-bond acceptors (Lipinski definition) is 3. The Balaban J connectivity index is 2.15. The van der Waals surface area contributed by atoms with Crippen molar-refractivity contribution in [3.05, 3.63) is 63.1 Å². The maximum Gasteiger partial charge on any atom is 0.261 e. The summed E-state index contributed by atoms with van der Waals surface area (Å²) >= 11 is 9.34. The zero-order chi connectivity index (χ0) is 22.3. The van der Waals surface area contributed by atoms with Gasteiger partial charge in [0.05, 0.1) is 4.47 Å². The number of carbonyl (C=O) groups is 2. The minimum atomic E-state index is -0.631. The van der Waals surface area contributed by atoms with Gasteiger partial charge in [-0.3, -0.25) is 9.59 Å². The van der Waals surface area contributed by atoms with Gasteiger partial charge in [-0.25, -0.2) is 0 Å². The van der Waals surface area contributed by atoms with E-state index in [0.29, 0.717) is 34.3 Å². The molecule has 0 saturated heterocycles. The van der Waals surface area contributed by atoms with E-state index in [9.17, 15) is 9.59 Å². The zero-order valence-electron chi connectivity index (χ0n) is 17.7. The largest absolute Gasteiger partial charge is 0.483 e. The lowest BCUT2D eigenvalue weighted by atomic mass is 10.1. The van der Waals surface area contributed by atoms with E-state index in [4.69, 9.17) is 16.3 Å². The highest BCUT2D eigenvalue weighted by Gasteiger charge is 2.26. The summed E-state index contributed by atoms with van der Waals surface area (Å²) in [6.07, 6.45) is 0. The van der Waals surface area contributed by atoms with Gasteiger partial charge < -0.3 is 15.0 Å². The molecule has 0 heterocycles. The summed E-state index contributed by atoms with van der Waals surface area (Å²) in [5.41, 5.74) is 2.05. The molecule has 1 atom stereocenters. The predicted octanol–water partition coefficient (Wildman–Crippen LogP) is 4.98. The van der Waals surface area contributed by atoms with Gasteiger partial charge in [-0.2, -0.15) is 0 Å². The van der Waals surface area contributed by atoms with Gasteiger partial charge in [0, 0.05) is 18.1 Å². The molecule has 0 fully saturated rings. The molecule has 2 aromatic carbocycles. The molecule has 0 bridgehead atoms. The molecule has 30 heavy (non-hydrogen) atoms. The van der Waals surface area contributed by atoms with Crippen molar-refractivity contribution < 1.29 is 14.3 Å². The fraction of sp³-hybridized carbons (Fsp3) is 0.391. The third-order valence-corrected chi connectivity index (χ3v) is 5.39. The number of carbonyl (C=O) groups excluding carboxylic acids is 2. The van der Waals surface area contributed by atoms with Gasteiger partial charge in [0.1, 0.15) is 11.8 Å². The molecule has 7 heteroatoms. The molecule has 0 unspecified atom stereocenters. The Labute approximate surface area is 191 Å². The number of halogens is 2. The highest BCUT2D eigenvalue weighted by Crippen LogP contribution is 2.28. The topological polar surface area (TPSA) is 58.6 Å². The van der Waals surface area contributed by atoms with E-state index in [0.717, 1.165) is 11.1 Å². The number of nitrogens with zero attached hydrogens (tertiary/aromatic N) is 1. The quantitative estimate of drug-likeness (QED) is 0.534. The van der Waals surface area contributed by atoms with Crippen LogP contribution in [0, 0.1) is 12.8 Å². The van der Waals surface area contributed by atoms with E-state index in [1.807, 2.05) is 45.0 Å². The first-order chi connectivity index (χ1) is 14.2. The summed E-state index contributed by atoms with van der Waals surface area (Å²) in [6.45, 7) is 8.48. The average Bonchev–Trinajstić information content (AvgIpc) is 2.68. The van der Waals surface area contributed by atoms with Gasteiger partial charge in [-0.05, 0) is 59.5 Å². The highest BCUT2D eigenvalue weighted by atomic mass is 79.9. The van der Waals surface area contributed by atoms with E-state index in [2.05, 4.69) is 21.2 Å². The van der Waals surface area contributed by atoms with Crippen molar-refractivity contribution >= 4 is 39.3 Å². The fourth-order valence-corrected chi connectivity index (χ4v) is 3.65. The Morgan fingerprint density at radius 3 is 2.53 bits per heavy atom. The maximum absolute atomic E-state index is 13.0. The number of nitrogens with one attached hydrogen (secondary N) is 1. The second kappa shape index (κ2) is 11.4. The van der Waals surface area contributed by atoms with Crippen molar-refractivity contribution in [3.63, 3.8) is 0 Å². The van der Waals surface area contributed by atoms with E-state index in [-0.39, 0.29) is 18.4 Å². The number of aryl methyl sites for hydroxylation is 1. The second-order valence-electron chi connectivity index (χ2n) is 7.69. The van der Waals surface area contributed by atoms with Crippen molar-refractivity contribution in [2.45, 2.75) is 40.3 Å². The van der Waals surface area contributed by atoms with Crippen LogP contribution in [0.5, 0.6) is 5.75 Å². The number of benzene rings is 2. The van der Waals surface area contributed by atoms with E-state index in [1.54, 1.807) is 30.0 Å². The molecule has 2 rings (SSSR count). The molecule has 0 aliphatic rings. The summed E-state index contributed by atoms with van der Waals surface area (Å²) in [5.74, 6) is 0.385. The van der Waals surface area contributed by atoms with Gasteiger partial charge in [-0.15, -0.1) is 0 Å². The molecule has 0 saturated carbocycles. The third kappa shape index (κ3) is 7.33. The predicted molar refractivity (Wildman–Crippen MR) is 124 cm³/mol. The lowest BCUT2D eigenvalue weighted by Crippen LogP contribution is -2.49. The molecule has 5 nitrogen and oxygen atoms in total. The minimum absolute atomic E-state index is 0.183. The van der Waals surface area contributed by atoms with Crippen LogP contribution < -0.4 is 10.1 Å². The first kappa shape index (κ1) is 24.2. The van der Waals surface area contributed by atoms with Crippen molar-refractivity contribution in [3.8, 4) is 5.75 Å². The summed E-state index contributed by atoms with van der Waals surface area (Å²) in [6, 6.07) is 12.4. The molecule has 2 aromatic rings. The Morgan fingerprint density at radius 2 is 1.90 bits per heavy atom. The molecular formula is C23H28BrClN2O3. The minimum Gasteiger partial charge on any atom is -0.483 e.